The number of piperazine rings is 1. The lowest BCUT2D eigenvalue weighted by Gasteiger charge is -2.43. The Morgan fingerprint density at radius 3 is 2.68 bits per heavy atom. The molecule has 2 aromatic heterocycles. The van der Waals surface area contributed by atoms with Crippen LogP contribution in [0.3, 0.4) is 0 Å². The molecule has 0 amide bonds. The average Bonchev–Trinajstić information content (AvgIpc) is 3.35. The van der Waals surface area contributed by atoms with Crippen molar-refractivity contribution in [1.29, 1.82) is 0 Å². The Bertz CT molecular complexity index is 1160. The summed E-state index contributed by atoms with van der Waals surface area (Å²) in [6.07, 6.45) is 5.93. The van der Waals surface area contributed by atoms with Crippen molar-refractivity contribution in [3.05, 3.63) is 54.5 Å². The summed E-state index contributed by atoms with van der Waals surface area (Å²) >= 11 is 0. The van der Waals surface area contributed by atoms with Gasteiger partial charge in [0.2, 0.25) is 0 Å². The number of benzene rings is 1. The molecule has 9 heteroatoms. The van der Waals surface area contributed by atoms with Crippen molar-refractivity contribution >= 4 is 27.1 Å². The Morgan fingerprint density at radius 2 is 1.94 bits per heavy atom. The van der Waals surface area contributed by atoms with E-state index in [0.717, 1.165) is 35.3 Å². The van der Waals surface area contributed by atoms with Gasteiger partial charge in [0.25, 0.3) is 10.2 Å². The molecule has 0 radical (unpaired) electrons. The van der Waals surface area contributed by atoms with E-state index in [1.54, 1.807) is 14.9 Å². The fourth-order valence-electron chi connectivity index (χ4n) is 4.64. The molecule has 1 aliphatic carbocycles. The van der Waals surface area contributed by atoms with Gasteiger partial charge in [-0.25, -0.2) is 9.97 Å². The first-order valence-electron chi connectivity index (χ1n) is 10.9. The van der Waals surface area contributed by atoms with Crippen LogP contribution in [0.4, 0.5) is 5.82 Å². The molecular weight excluding hydrogens is 412 g/mol. The molecule has 1 aliphatic heterocycles. The van der Waals surface area contributed by atoms with Crippen LogP contribution in [0.15, 0.2) is 48.9 Å². The minimum absolute atomic E-state index is 0.329. The number of nitrogens with zero attached hydrogens (tertiary/aromatic N) is 5. The maximum absolute atomic E-state index is 13.6. The third kappa shape index (κ3) is 3.71. The number of hydrogen-bond acceptors (Lipinski definition) is 5. The molecule has 31 heavy (non-hydrogen) atoms. The quantitative estimate of drug-likeness (QED) is 0.610. The third-order valence-electron chi connectivity index (χ3n) is 6.50. The van der Waals surface area contributed by atoms with E-state index in [-0.39, 0.29) is 5.54 Å². The highest BCUT2D eigenvalue weighted by Gasteiger charge is 2.56. The second-order valence-corrected chi connectivity index (χ2v) is 10.2. The Morgan fingerprint density at radius 1 is 1.13 bits per heavy atom. The first kappa shape index (κ1) is 20.4. The van der Waals surface area contributed by atoms with Gasteiger partial charge >= 0.3 is 0 Å². The zero-order valence-corrected chi connectivity index (χ0v) is 18.6. The molecule has 5 rings (SSSR count). The van der Waals surface area contributed by atoms with Gasteiger partial charge in [-0.3, -0.25) is 0 Å². The molecule has 3 heterocycles. The Kier molecular flexibility index (Phi) is 5.19. The minimum Gasteiger partial charge on any atom is -0.353 e. The summed E-state index contributed by atoms with van der Waals surface area (Å²) in [6, 6.07) is 12.0. The van der Waals surface area contributed by atoms with E-state index in [1.807, 2.05) is 49.5 Å². The lowest BCUT2D eigenvalue weighted by molar-refractivity contribution is 0.246. The lowest BCUT2D eigenvalue weighted by atomic mass is 10.1. The van der Waals surface area contributed by atoms with Crippen molar-refractivity contribution in [2.45, 2.75) is 31.7 Å². The van der Waals surface area contributed by atoms with Crippen LogP contribution in [-0.2, 0) is 16.6 Å². The summed E-state index contributed by atoms with van der Waals surface area (Å²) in [5.74, 6) is 0.881. The topological polar surface area (TPSA) is 85.4 Å². The maximum atomic E-state index is 13.6. The summed E-state index contributed by atoms with van der Waals surface area (Å²) in [6.45, 7) is 4.65. The van der Waals surface area contributed by atoms with Crippen molar-refractivity contribution < 1.29 is 8.42 Å². The Labute approximate surface area is 183 Å². The molecule has 3 aromatic rings. The first-order chi connectivity index (χ1) is 15.0. The molecular formula is C22H28N6O2S. The first-order valence-corrected chi connectivity index (χ1v) is 12.3. The summed E-state index contributed by atoms with van der Waals surface area (Å²) < 4.78 is 30.6. The van der Waals surface area contributed by atoms with Crippen LogP contribution in [0.1, 0.15) is 25.3 Å². The van der Waals surface area contributed by atoms with E-state index in [1.165, 1.54) is 0 Å². The van der Waals surface area contributed by atoms with Gasteiger partial charge in [0.1, 0.15) is 17.8 Å². The molecule has 1 saturated heterocycles. The molecule has 1 N–H and O–H groups in total. The number of anilines is 1. The highest BCUT2D eigenvalue weighted by molar-refractivity contribution is 7.86. The van der Waals surface area contributed by atoms with E-state index in [9.17, 15) is 8.42 Å². The van der Waals surface area contributed by atoms with E-state index < -0.39 is 10.2 Å². The molecule has 2 aliphatic rings. The summed E-state index contributed by atoms with van der Waals surface area (Å²) in [5, 5.41) is 0.979. The van der Waals surface area contributed by atoms with Gasteiger partial charge in [0, 0.05) is 38.9 Å². The monoisotopic (exact) mass is 440 g/mol. The normalized spacial score (nSPS) is 18.8. The molecule has 1 aromatic carbocycles. The standard InChI is InChI=1S/C22H28N6O2S/c1-2-27(13-9-18-6-4-3-5-7-18)31(29,30)28-15-14-26(16-22(28)10-11-22)21-19-8-12-23-20(19)24-17-25-21/h3-8,12,17H,2,9-11,13-16H2,1H3,(H,23,24,25). The predicted octanol–water partition coefficient (Wildman–Crippen LogP) is 2.42. The van der Waals surface area contributed by atoms with Crippen LogP contribution in [0, 0.1) is 0 Å². The number of fused-ring (bicyclic) bond motifs is 1. The average molecular weight is 441 g/mol. The van der Waals surface area contributed by atoms with Gasteiger partial charge in [-0.05, 0) is 30.9 Å². The van der Waals surface area contributed by atoms with Gasteiger partial charge in [0.05, 0.1) is 10.9 Å². The number of aromatic nitrogens is 3. The van der Waals surface area contributed by atoms with E-state index in [0.29, 0.717) is 39.1 Å². The second kappa shape index (κ2) is 7.89. The Hall–Kier alpha value is -2.49. The number of nitrogens with one attached hydrogen (secondary N) is 1. The van der Waals surface area contributed by atoms with Crippen molar-refractivity contribution in [3.63, 3.8) is 0 Å². The minimum atomic E-state index is -3.53. The van der Waals surface area contributed by atoms with Crippen molar-refractivity contribution in [3.8, 4) is 0 Å². The SMILES string of the molecule is CCN(CCc1ccccc1)S(=O)(=O)N1CCN(c2ncnc3[nH]ccc23)CC12CC2. The zero-order chi connectivity index (χ0) is 21.5. The van der Waals surface area contributed by atoms with Crippen LogP contribution in [0.25, 0.3) is 11.0 Å². The van der Waals surface area contributed by atoms with Gasteiger partial charge in [0.15, 0.2) is 0 Å². The molecule has 1 spiro atoms. The molecule has 1 saturated carbocycles. The van der Waals surface area contributed by atoms with E-state index >= 15 is 0 Å². The number of aromatic amines is 1. The largest absolute Gasteiger partial charge is 0.353 e. The summed E-state index contributed by atoms with van der Waals surface area (Å²) in [4.78, 5) is 14.1. The van der Waals surface area contributed by atoms with Crippen LogP contribution in [0.5, 0.6) is 0 Å². The molecule has 0 bridgehead atoms. The van der Waals surface area contributed by atoms with Crippen LogP contribution in [0.2, 0.25) is 0 Å². The highest BCUT2D eigenvalue weighted by atomic mass is 32.2. The number of hydrogen-bond donors (Lipinski definition) is 1. The van der Waals surface area contributed by atoms with Crippen molar-refractivity contribution in [1.82, 2.24) is 23.6 Å². The lowest BCUT2D eigenvalue weighted by Crippen LogP contribution is -2.60. The number of rotatable bonds is 7. The van der Waals surface area contributed by atoms with Crippen LogP contribution in [-0.4, -0.2) is 70.2 Å². The van der Waals surface area contributed by atoms with Gasteiger partial charge in [-0.1, -0.05) is 37.3 Å². The van der Waals surface area contributed by atoms with Crippen molar-refractivity contribution in [2.75, 3.05) is 37.6 Å². The number of likely N-dealkylation sites (N-methyl/N-ethyl adjacent to an activating group) is 1. The Balaban J connectivity index is 1.34. The van der Waals surface area contributed by atoms with Gasteiger partial charge in [-0.2, -0.15) is 17.0 Å². The molecule has 164 valence electrons. The second-order valence-electron chi connectivity index (χ2n) is 8.39. The highest BCUT2D eigenvalue weighted by Crippen LogP contribution is 2.47. The van der Waals surface area contributed by atoms with E-state index in [2.05, 4.69) is 19.9 Å². The third-order valence-corrected chi connectivity index (χ3v) is 8.72. The summed E-state index contributed by atoms with van der Waals surface area (Å²) in [7, 11) is -3.53. The fraction of sp³-hybridized carbons (Fsp3) is 0.455. The number of H-pyrrole nitrogens is 1. The van der Waals surface area contributed by atoms with Crippen LogP contribution >= 0.6 is 0 Å². The smallest absolute Gasteiger partial charge is 0.282 e. The van der Waals surface area contributed by atoms with Gasteiger partial charge < -0.3 is 9.88 Å². The zero-order valence-electron chi connectivity index (χ0n) is 17.7. The van der Waals surface area contributed by atoms with Gasteiger partial charge in [-0.15, -0.1) is 0 Å². The predicted molar refractivity (Wildman–Crippen MR) is 121 cm³/mol. The molecule has 0 unspecified atom stereocenters. The van der Waals surface area contributed by atoms with E-state index in [4.69, 9.17) is 0 Å². The molecule has 8 nitrogen and oxygen atoms in total. The molecule has 2 fully saturated rings. The fourth-order valence-corrected chi connectivity index (χ4v) is 6.61. The molecule has 0 atom stereocenters. The maximum Gasteiger partial charge on any atom is 0.282 e. The van der Waals surface area contributed by atoms with Crippen LogP contribution < -0.4 is 4.90 Å². The van der Waals surface area contributed by atoms with Crippen molar-refractivity contribution in [2.24, 2.45) is 0 Å². The summed E-state index contributed by atoms with van der Waals surface area (Å²) in [5.41, 5.74) is 1.63.